The summed E-state index contributed by atoms with van der Waals surface area (Å²) in [5.41, 5.74) is 7.20. The van der Waals surface area contributed by atoms with Crippen LogP contribution in [0, 0.1) is 5.92 Å². The van der Waals surface area contributed by atoms with E-state index >= 15 is 19.2 Å². The van der Waals surface area contributed by atoms with E-state index in [9.17, 15) is 44.1 Å². The Balaban J connectivity index is 1.27. The Hall–Kier alpha value is -4.76. The number of ether oxygens (including phenoxy) is 2. The van der Waals surface area contributed by atoms with Gasteiger partial charge in [0, 0.05) is 48.2 Å². The zero-order valence-electron chi connectivity index (χ0n) is 48.4. The van der Waals surface area contributed by atoms with E-state index < -0.39 is 165 Å². The van der Waals surface area contributed by atoms with E-state index in [1.54, 1.807) is 24.3 Å². The molecule has 0 radical (unpaired) electrons. The summed E-state index contributed by atoms with van der Waals surface area (Å²) in [7, 11) is 11.0. The van der Waals surface area contributed by atoms with Gasteiger partial charge in [-0.2, -0.15) is 0 Å². The smallest absolute Gasteiger partial charge is 0.323 e. The van der Waals surface area contributed by atoms with Gasteiger partial charge in [-0.25, -0.2) is 0 Å². The van der Waals surface area contributed by atoms with Crippen molar-refractivity contribution in [3.8, 4) is 11.5 Å². The molecule has 87 heavy (non-hydrogen) atoms. The van der Waals surface area contributed by atoms with E-state index in [2.05, 4.69) is 37.2 Å². The molecule has 10 unspecified atom stereocenters. The molecule has 0 aromatic heterocycles. The molecule has 1 aliphatic carbocycles. The van der Waals surface area contributed by atoms with E-state index in [0.29, 0.717) is 29.1 Å². The molecule has 2 aromatic carbocycles. The molecule has 24 nitrogen and oxygen atoms in total. The molecule has 8 saturated heterocycles. The molecule has 30 heteroatoms. The monoisotopic (exact) mass is 1320 g/mol. The summed E-state index contributed by atoms with van der Waals surface area (Å²) in [5, 5.41) is 54.3. The first-order valence-corrected chi connectivity index (χ1v) is 35.9. The number of rotatable bonds is 13. The van der Waals surface area contributed by atoms with Crippen LogP contribution in [0.4, 0.5) is 0 Å². The molecule has 6 bridgehead atoms. The van der Waals surface area contributed by atoms with Gasteiger partial charge in [-0.15, -0.1) is 0 Å². The largest absolute Gasteiger partial charge is 0.508 e. The number of nitrogens with two attached hydrogens (primary N) is 1. The van der Waals surface area contributed by atoms with Crippen molar-refractivity contribution < 1.29 is 72.7 Å². The summed E-state index contributed by atoms with van der Waals surface area (Å²) in [6.07, 6.45) is -1.83. The molecule has 11 rings (SSSR count). The third-order valence-corrected chi connectivity index (χ3v) is 28.0. The van der Waals surface area contributed by atoms with Gasteiger partial charge in [0.2, 0.25) is 29.5 Å². The van der Waals surface area contributed by atoms with Gasteiger partial charge < -0.3 is 62.0 Å². The quantitative estimate of drug-likeness (QED) is 0.0966. The van der Waals surface area contributed by atoms with Gasteiger partial charge in [-0.3, -0.25) is 58.6 Å². The van der Waals surface area contributed by atoms with Gasteiger partial charge in [0.05, 0.1) is 83.8 Å². The second kappa shape index (κ2) is 28.6. The number of phenols is 2. The van der Waals surface area contributed by atoms with Crippen LogP contribution in [0.15, 0.2) is 48.5 Å². The molecule has 12 N–H and O–H groups in total. The number of primary amides is 1. The average molecular weight is 1320 g/mol. The number of fused-ring (bicyclic) bond motifs is 11. The Morgan fingerprint density at radius 2 is 1.51 bits per heavy atom. The van der Waals surface area contributed by atoms with Gasteiger partial charge in [0.25, 0.3) is 0 Å². The fourth-order valence-electron chi connectivity index (χ4n) is 12.9. The highest BCUT2D eigenvalue weighted by molar-refractivity contribution is 8.80. The van der Waals surface area contributed by atoms with Crippen molar-refractivity contribution in [3.63, 3.8) is 0 Å². The number of esters is 2. The number of benzene rings is 2. The minimum atomic E-state index is -1.56. The first-order chi connectivity index (χ1) is 41.5. The van der Waals surface area contributed by atoms with Gasteiger partial charge in [0.1, 0.15) is 29.6 Å². The highest BCUT2D eigenvalue weighted by Gasteiger charge is 2.73. The molecule has 2 aromatic rings. The number of carbonyl (C=O) groups excluding carboxylic acids is 10. The minimum absolute atomic E-state index is 0.000436. The van der Waals surface area contributed by atoms with Crippen molar-refractivity contribution in [2.75, 3.05) is 44.6 Å². The van der Waals surface area contributed by atoms with Crippen molar-refractivity contribution in [1.29, 1.82) is 0 Å². The van der Waals surface area contributed by atoms with Crippen LogP contribution in [0.2, 0.25) is 0 Å². The number of carbonyl (C=O) groups is 10. The van der Waals surface area contributed by atoms with Crippen LogP contribution in [0.5, 0.6) is 11.5 Å². The van der Waals surface area contributed by atoms with E-state index in [0.717, 1.165) is 0 Å². The molecule has 8 heterocycles. The Morgan fingerprint density at radius 1 is 0.805 bits per heavy atom. The van der Waals surface area contributed by atoms with E-state index in [1.807, 2.05) is 0 Å². The zero-order valence-corrected chi connectivity index (χ0v) is 53.3. The Bertz CT molecular complexity index is 2960. The average Bonchev–Trinajstić information content (AvgIpc) is 0.888. The number of aliphatic hydroxyl groups excluding tert-OH is 1. The topological polar surface area (TPSA) is 363 Å². The van der Waals surface area contributed by atoms with Crippen molar-refractivity contribution >= 4 is 124 Å². The number of aromatic hydroxyl groups is 2. The maximum atomic E-state index is 16.1. The molecule has 1 saturated carbocycles. The molecule has 9 aliphatic rings. The van der Waals surface area contributed by atoms with Crippen LogP contribution in [-0.4, -0.2) is 210 Å². The summed E-state index contributed by atoms with van der Waals surface area (Å²) in [6, 6.07) is -0.823. The summed E-state index contributed by atoms with van der Waals surface area (Å²) in [6.45, 7) is 2.39. The SMILES string of the molecule is COC(=O)CCC1NC2CSSCC3(CC45CC(NC(Cc6ccc(O)cc6)C(=O)OC)C(=O)CNC(=O)[C@H]([C@@H](C)O)NC4C(=O)[C@H](C)NC(=O)[C@@H]4CCCN4C(=O)[C@H](CC(N)=O)NC4C(CC43SS5)C(=O)[C@H](Cc3ccc(O)cc3)NC1=O)SSC2. The number of ketones is 3. The first kappa shape index (κ1) is 66.7. The predicted molar refractivity (Wildman–Crippen MR) is 333 cm³/mol. The fourth-order valence-corrected chi connectivity index (χ4v) is 25.6. The highest BCUT2D eigenvalue weighted by Crippen LogP contribution is 2.74. The number of Topliss-reactive ketones (excluding diaryl/α,β-unsaturated/α-hetero) is 3. The lowest BCUT2D eigenvalue weighted by atomic mass is 9.58. The second-order valence-electron chi connectivity index (χ2n) is 23.4. The van der Waals surface area contributed by atoms with Crippen LogP contribution in [0.25, 0.3) is 0 Å². The van der Waals surface area contributed by atoms with Gasteiger partial charge in [-0.05, 0) is 101 Å². The lowest BCUT2D eigenvalue weighted by molar-refractivity contribution is -0.144. The lowest BCUT2D eigenvalue weighted by Gasteiger charge is -2.68. The number of methoxy groups -OCH3 is 2. The zero-order chi connectivity index (χ0) is 62.5. The summed E-state index contributed by atoms with van der Waals surface area (Å²) in [5.74, 6) is -6.51. The first-order valence-electron chi connectivity index (χ1n) is 28.9. The molecular formula is C57H75N9O15S6. The number of nitrogens with one attached hydrogen (secondary N) is 7. The summed E-state index contributed by atoms with van der Waals surface area (Å²) >= 11 is 0. The minimum Gasteiger partial charge on any atom is -0.508 e. The Morgan fingerprint density at radius 3 is 2.18 bits per heavy atom. The summed E-state index contributed by atoms with van der Waals surface area (Å²) in [4.78, 5) is 148. The molecule has 8 aliphatic heterocycles. The fraction of sp³-hybridized carbons (Fsp3) is 0.614. The molecule has 3 spiro atoms. The Labute approximate surface area is 527 Å². The molecule has 9 fully saturated rings. The van der Waals surface area contributed by atoms with Crippen LogP contribution in [0.3, 0.4) is 0 Å². The molecule has 5 amide bonds. The predicted octanol–water partition coefficient (Wildman–Crippen LogP) is 0.605. The van der Waals surface area contributed by atoms with Crippen molar-refractivity contribution in [2.24, 2.45) is 11.7 Å². The number of aliphatic hydroxyl groups is 1. The van der Waals surface area contributed by atoms with Crippen LogP contribution >= 0.6 is 64.8 Å². The lowest BCUT2D eigenvalue weighted by Crippen LogP contribution is -2.79. The summed E-state index contributed by atoms with van der Waals surface area (Å²) < 4.78 is 6.44. The third kappa shape index (κ3) is 14.7. The number of nitrogens with zero attached hydrogens (tertiary/aromatic N) is 1. The van der Waals surface area contributed by atoms with Crippen molar-refractivity contribution in [1.82, 2.24) is 42.1 Å². The number of hydrogen-bond acceptors (Lipinski definition) is 25. The van der Waals surface area contributed by atoms with Gasteiger partial charge in [0.15, 0.2) is 17.3 Å². The number of phenolic OH excluding ortho intramolecular Hbond substituents is 2. The van der Waals surface area contributed by atoms with Crippen LogP contribution in [0.1, 0.15) is 76.3 Å². The van der Waals surface area contributed by atoms with Crippen LogP contribution in [-0.2, 0) is 70.3 Å². The standard InChI is InChI=1S/C57H75N9O15S6/c1-28-46(73)49-55(22-40(42(70)23-59-52(77)45(65-49)29(2)67)62-39(54(79)81-4)19-31-9-13-34(69)14-10-31)26-56-27-84-82-24-32(25-83-86-56)61-36(15-16-44(72)80-3)50(75)64-37(18-30-7-11-33(68)12-8-30)47(74)35-21-57(56,87-85-55)48(35)63-38(20-43(58)71)53(78)66-17-5-6-41(66)51(76)60-28/h7-14,28-29,32,35-41,45,48-49,61-63,65,67-69H,5-6,15-27H2,1-4H3,(H2,58,71)(H,59,77)(H,60,76)(H,64,75)/t28-,29+,32?,35?,36?,37-,38-,39?,40?,41-,45-,48?,49?,55?,56?,57?/m0/s1. The van der Waals surface area contributed by atoms with E-state index in [-0.39, 0.29) is 75.2 Å². The maximum Gasteiger partial charge on any atom is 0.323 e. The normalized spacial score (nSPS) is 34.3. The molecule has 474 valence electrons. The van der Waals surface area contributed by atoms with E-state index in [4.69, 9.17) is 15.2 Å². The maximum absolute atomic E-state index is 16.1. The van der Waals surface area contributed by atoms with E-state index in [1.165, 1.54) is 122 Å². The highest BCUT2D eigenvalue weighted by atomic mass is 33.1. The number of amides is 5. The molecular weight excluding hydrogens is 1240 g/mol. The number of hydrogen-bond donors (Lipinski definition) is 11. The third-order valence-electron chi connectivity index (χ3n) is 17.6. The van der Waals surface area contributed by atoms with Gasteiger partial charge in [-0.1, -0.05) is 89.0 Å². The molecule has 16 atom stereocenters. The van der Waals surface area contributed by atoms with Crippen LogP contribution < -0.4 is 43.0 Å². The van der Waals surface area contributed by atoms with Crippen molar-refractivity contribution in [2.45, 2.75) is 165 Å². The van der Waals surface area contributed by atoms with Gasteiger partial charge >= 0.3 is 11.9 Å². The second-order valence-corrected chi connectivity index (χ2v) is 31.6. The van der Waals surface area contributed by atoms with Crippen molar-refractivity contribution in [3.05, 3.63) is 59.7 Å². The Kier molecular flexibility index (Phi) is 21.9.